The molecule has 0 aliphatic rings. The summed E-state index contributed by atoms with van der Waals surface area (Å²) in [5, 5.41) is 0.747. The summed E-state index contributed by atoms with van der Waals surface area (Å²) in [5.74, 6) is 0.908. The molecule has 23 heavy (non-hydrogen) atoms. The molecule has 0 fully saturated rings. The van der Waals surface area contributed by atoms with Crippen molar-refractivity contribution < 1.29 is 0 Å². The van der Waals surface area contributed by atoms with Crippen molar-refractivity contribution >= 4 is 23.5 Å². The number of nitrogens with zero attached hydrogens (tertiary/aromatic N) is 2. The summed E-state index contributed by atoms with van der Waals surface area (Å²) in [6, 6.07) is 12.1. The van der Waals surface area contributed by atoms with Crippen LogP contribution < -0.4 is 10.6 Å². The monoisotopic (exact) mass is 329 g/mol. The van der Waals surface area contributed by atoms with Gasteiger partial charge in [-0.05, 0) is 42.7 Å². The van der Waals surface area contributed by atoms with Gasteiger partial charge in [0.15, 0.2) is 0 Å². The van der Waals surface area contributed by atoms with Crippen molar-refractivity contribution in [2.75, 3.05) is 11.9 Å². The SMILES string of the molecule is C=Cc1cccnc1N(C)C(Cc1ccc(Cl)cc1)C(N)CC. The van der Waals surface area contributed by atoms with E-state index in [0.717, 1.165) is 29.2 Å². The lowest BCUT2D eigenvalue weighted by Gasteiger charge is -2.34. The molecule has 0 saturated carbocycles. The Morgan fingerprint density at radius 2 is 2.00 bits per heavy atom. The first kappa shape index (κ1) is 17.5. The second kappa shape index (κ2) is 8.14. The van der Waals surface area contributed by atoms with Gasteiger partial charge in [-0.2, -0.15) is 0 Å². The summed E-state index contributed by atoms with van der Waals surface area (Å²) >= 11 is 5.98. The standard InChI is InChI=1S/C19H24ClN3/c1-4-15-7-6-12-22-19(15)23(3)18(17(21)5-2)13-14-8-10-16(20)11-9-14/h4,6-12,17-18H,1,5,13,21H2,2-3H3. The van der Waals surface area contributed by atoms with Gasteiger partial charge in [0.2, 0.25) is 0 Å². The Balaban J connectivity index is 2.30. The smallest absolute Gasteiger partial charge is 0.135 e. The summed E-state index contributed by atoms with van der Waals surface area (Å²) < 4.78 is 0. The Morgan fingerprint density at radius 1 is 1.30 bits per heavy atom. The van der Waals surface area contributed by atoms with E-state index in [2.05, 4.69) is 35.5 Å². The van der Waals surface area contributed by atoms with Gasteiger partial charge in [-0.15, -0.1) is 0 Å². The van der Waals surface area contributed by atoms with Crippen LogP contribution in [0.2, 0.25) is 5.02 Å². The molecule has 0 radical (unpaired) electrons. The summed E-state index contributed by atoms with van der Waals surface area (Å²) in [6.45, 7) is 5.99. The number of likely N-dealkylation sites (N-methyl/N-ethyl adjacent to an activating group) is 1. The van der Waals surface area contributed by atoms with E-state index >= 15 is 0 Å². The average Bonchev–Trinajstić information content (AvgIpc) is 2.60. The molecule has 0 bridgehead atoms. The van der Waals surface area contributed by atoms with Crippen LogP contribution in [0.5, 0.6) is 0 Å². The van der Waals surface area contributed by atoms with E-state index in [1.807, 2.05) is 37.4 Å². The zero-order chi connectivity index (χ0) is 16.8. The van der Waals surface area contributed by atoms with Gasteiger partial charge in [0.25, 0.3) is 0 Å². The number of nitrogens with two attached hydrogens (primary N) is 1. The van der Waals surface area contributed by atoms with E-state index in [4.69, 9.17) is 17.3 Å². The predicted molar refractivity (Wildman–Crippen MR) is 99.9 cm³/mol. The third kappa shape index (κ3) is 4.34. The fourth-order valence-corrected chi connectivity index (χ4v) is 2.86. The topological polar surface area (TPSA) is 42.2 Å². The Morgan fingerprint density at radius 3 is 2.61 bits per heavy atom. The van der Waals surface area contributed by atoms with Gasteiger partial charge < -0.3 is 10.6 Å². The van der Waals surface area contributed by atoms with E-state index in [1.165, 1.54) is 5.56 Å². The van der Waals surface area contributed by atoms with Gasteiger partial charge in [-0.3, -0.25) is 0 Å². The molecule has 122 valence electrons. The molecule has 2 rings (SSSR count). The highest BCUT2D eigenvalue weighted by molar-refractivity contribution is 6.30. The molecule has 2 aromatic rings. The second-order valence-electron chi connectivity index (χ2n) is 5.70. The summed E-state index contributed by atoms with van der Waals surface area (Å²) in [4.78, 5) is 6.69. The summed E-state index contributed by atoms with van der Waals surface area (Å²) in [5.41, 5.74) is 8.63. The highest BCUT2D eigenvalue weighted by Crippen LogP contribution is 2.23. The van der Waals surface area contributed by atoms with E-state index < -0.39 is 0 Å². The summed E-state index contributed by atoms with van der Waals surface area (Å²) in [6.07, 6.45) is 5.37. The molecule has 1 heterocycles. The highest BCUT2D eigenvalue weighted by Gasteiger charge is 2.23. The van der Waals surface area contributed by atoms with Gasteiger partial charge in [0.1, 0.15) is 5.82 Å². The first-order valence-electron chi connectivity index (χ1n) is 7.87. The Kier molecular flexibility index (Phi) is 6.20. The van der Waals surface area contributed by atoms with Crippen LogP contribution in [-0.4, -0.2) is 24.1 Å². The van der Waals surface area contributed by atoms with Crippen LogP contribution in [-0.2, 0) is 6.42 Å². The third-order valence-electron chi connectivity index (χ3n) is 4.19. The lowest BCUT2D eigenvalue weighted by molar-refractivity contribution is 0.486. The average molecular weight is 330 g/mol. The zero-order valence-corrected chi connectivity index (χ0v) is 14.5. The van der Waals surface area contributed by atoms with Gasteiger partial charge in [0.05, 0.1) is 0 Å². The van der Waals surface area contributed by atoms with Crippen LogP contribution in [0.4, 0.5) is 5.82 Å². The molecular weight excluding hydrogens is 306 g/mol. The van der Waals surface area contributed by atoms with E-state index in [-0.39, 0.29) is 12.1 Å². The number of hydrogen-bond donors (Lipinski definition) is 1. The molecule has 0 aliphatic heterocycles. The van der Waals surface area contributed by atoms with Crippen molar-refractivity contribution in [1.82, 2.24) is 4.98 Å². The zero-order valence-electron chi connectivity index (χ0n) is 13.7. The van der Waals surface area contributed by atoms with Crippen LogP contribution >= 0.6 is 11.6 Å². The van der Waals surface area contributed by atoms with Crippen LogP contribution in [0.15, 0.2) is 49.2 Å². The maximum absolute atomic E-state index is 6.40. The van der Waals surface area contributed by atoms with Gasteiger partial charge in [-0.25, -0.2) is 4.98 Å². The molecule has 0 saturated heterocycles. The normalized spacial score (nSPS) is 13.4. The van der Waals surface area contributed by atoms with E-state index in [1.54, 1.807) is 6.20 Å². The lowest BCUT2D eigenvalue weighted by atomic mass is 9.96. The predicted octanol–water partition coefficient (Wildman–Crippen LogP) is 4.16. The van der Waals surface area contributed by atoms with Crippen LogP contribution in [0, 0.1) is 0 Å². The fraction of sp³-hybridized carbons (Fsp3) is 0.316. The molecule has 0 amide bonds. The Bertz CT molecular complexity index is 639. The maximum atomic E-state index is 6.40. The summed E-state index contributed by atoms with van der Waals surface area (Å²) in [7, 11) is 2.05. The molecule has 2 unspecified atom stereocenters. The van der Waals surface area contributed by atoms with E-state index in [0.29, 0.717) is 0 Å². The quantitative estimate of drug-likeness (QED) is 0.829. The van der Waals surface area contributed by atoms with Crippen LogP contribution in [0.1, 0.15) is 24.5 Å². The minimum Gasteiger partial charge on any atom is -0.354 e. The molecule has 2 N–H and O–H groups in total. The third-order valence-corrected chi connectivity index (χ3v) is 4.44. The first-order chi connectivity index (χ1) is 11.1. The largest absolute Gasteiger partial charge is 0.354 e. The molecule has 3 nitrogen and oxygen atoms in total. The number of aromatic nitrogens is 1. The maximum Gasteiger partial charge on any atom is 0.135 e. The van der Waals surface area contributed by atoms with Gasteiger partial charge >= 0.3 is 0 Å². The molecule has 0 spiro atoms. The molecule has 2 atom stereocenters. The Hall–Kier alpha value is -1.84. The molecule has 0 aliphatic carbocycles. The molecular formula is C19H24ClN3. The Labute approximate surface area is 143 Å². The van der Waals surface area contributed by atoms with Crippen molar-refractivity contribution in [3.8, 4) is 0 Å². The molecule has 4 heteroatoms. The number of anilines is 1. The number of hydrogen-bond acceptors (Lipinski definition) is 3. The van der Waals surface area contributed by atoms with Crippen LogP contribution in [0.3, 0.4) is 0 Å². The molecule has 1 aromatic carbocycles. The van der Waals surface area contributed by atoms with Crippen molar-refractivity contribution in [2.24, 2.45) is 5.73 Å². The van der Waals surface area contributed by atoms with Gasteiger partial charge in [-0.1, -0.05) is 43.3 Å². The van der Waals surface area contributed by atoms with E-state index in [9.17, 15) is 0 Å². The van der Waals surface area contributed by atoms with Crippen molar-refractivity contribution in [3.63, 3.8) is 0 Å². The van der Waals surface area contributed by atoms with Gasteiger partial charge in [0, 0.05) is 35.9 Å². The fourth-order valence-electron chi connectivity index (χ4n) is 2.73. The second-order valence-corrected chi connectivity index (χ2v) is 6.14. The number of benzene rings is 1. The lowest BCUT2D eigenvalue weighted by Crippen LogP contribution is -2.48. The minimum absolute atomic E-state index is 0.0512. The molecule has 1 aromatic heterocycles. The number of halogens is 1. The highest BCUT2D eigenvalue weighted by atomic mass is 35.5. The first-order valence-corrected chi connectivity index (χ1v) is 8.25. The number of pyridine rings is 1. The minimum atomic E-state index is 0.0512. The van der Waals surface area contributed by atoms with Crippen LogP contribution in [0.25, 0.3) is 6.08 Å². The van der Waals surface area contributed by atoms with Crippen molar-refractivity contribution in [2.45, 2.75) is 31.8 Å². The van der Waals surface area contributed by atoms with Crippen molar-refractivity contribution in [3.05, 3.63) is 65.3 Å². The van der Waals surface area contributed by atoms with Crippen molar-refractivity contribution in [1.29, 1.82) is 0 Å². The number of rotatable bonds is 7.